The Labute approximate surface area is 166 Å². The Kier molecular flexibility index (Phi) is 4.96. The number of benzene rings is 2. The number of imide groups is 1. The van der Waals surface area contributed by atoms with E-state index >= 15 is 0 Å². The van der Waals surface area contributed by atoms with Crippen molar-refractivity contribution in [1.29, 1.82) is 0 Å². The molecule has 7 heteroatoms. The molecule has 0 radical (unpaired) electrons. The summed E-state index contributed by atoms with van der Waals surface area (Å²) in [6, 6.07) is 13.6. The number of hydrogen-bond acceptors (Lipinski definition) is 5. The molecule has 0 bridgehead atoms. The van der Waals surface area contributed by atoms with Crippen molar-refractivity contribution >= 4 is 23.4 Å². The van der Waals surface area contributed by atoms with Gasteiger partial charge in [0, 0.05) is 25.3 Å². The van der Waals surface area contributed by atoms with E-state index in [-0.39, 0.29) is 11.8 Å². The minimum absolute atomic E-state index is 0.235. The first-order chi connectivity index (χ1) is 13.5. The number of nitrogens with one attached hydrogen (secondary N) is 1. The number of amides is 2. The van der Waals surface area contributed by atoms with Crippen molar-refractivity contribution in [1.82, 2.24) is 15.5 Å². The molecule has 0 aliphatic carbocycles. The zero-order valence-electron chi connectivity index (χ0n) is 15.2. The molecule has 0 saturated carbocycles. The maximum atomic E-state index is 12.2. The Morgan fingerprint density at radius 1 is 1.18 bits per heavy atom. The van der Waals surface area contributed by atoms with Gasteiger partial charge in [0.15, 0.2) is 5.82 Å². The van der Waals surface area contributed by atoms with E-state index in [1.165, 1.54) is 0 Å². The van der Waals surface area contributed by atoms with Crippen molar-refractivity contribution < 1.29 is 14.1 Å². The summed E-state index contributed by atoms with van der Waals surface area (Å²) in [4.78, 5) is 27.8. The molecule has 1 aliphatic rings. The second-order valence-electron chi connectivity index (χ2n) is 6.82. The van der Waals surface area contributed by atoms with E-state index in [0.717, 1.165) is 22.3 Å². The third kappa shape index (κ3) is 3.68. The molecule has 1 atom stereocenters. The molecule has 1 fully saturated rings. The van der Waals surface area contributed by atoms with E-state index in [1.807, 2.05) is 42.5 Å². The monoisotopic (exact) mass is 395 g/mol. The first-order valence-corrected chi connectivity index (χ1v) is 9.39. The van der Waals surface area contributed by atoms with Crippen LogP contribution in [-0.2, 0) is 16.0 Å². The highest BCUT2D eigenvalue weighted by Gasteiger charge is 2.30. The van der Waals surface area contributed by atoms with Gasteiger partial charge in [-0.25, -0.2) is 0 Å². The summed E-state index contributed by atoms with van der Waals surface area (Å²) in [5.74, 6) is 0.250. The molecule has 2 amide bonds. The van der Waals surface area contributed by atoms with Gasteiger partial charge in [0.05, 0.1) is 10.9 Å². The SMILES string of the molecule is Cc1nc(Cc2ccc(-c3cccc(C4CCC(=O)NC4=O)c3Cl)cc2)no1. The molecular weight excluding hydrogens is 378 g/mol. The maximum absolute atomic E-state index is 12.2. The second-order valence-corrected chi connectivity index (χ2v) is 7.19. The lowest BCUT2D eigenvalue weighted by Crippen LogP contribution is -2.39. The minimum Gasteiger partial charge on any atom is -0.340 e. The van der Waals surface area contributed by atoms with E-state index < -0.39 is 5.92 Å². The van der Waals surface area contributed by atoms with Gasteiger partial charge in [-0.3, -0.25) is 14.9 Å². The van der Waals surface area contributed by atoms with Crippen molar-refractivity contribution in [2.45, 2.75) is 32.1 Å². The number of rotatable bonds is 4. The number of aromatic nitrogens is 2. The third-order valence-electron chi connectivity index (χ3n) is 4.84. The molecule has 1 aromatic heterocycles. The second kappa shape index (κ2) is 7.56. The van der Waals surface area contributed by atoms with Crippen LogP contribution in [0.3, 0.4) is 0 Å². The largest absolute Gasteiger partial charge is 0.340 e. The molecule has 28 heavy (non-hydrogen) atoms. The van der Waals surface area contributed by atoms with E-state index in [1.54, 1.807) is 6.92 Å². The van der Waals surface area contributed by atoms with Crippen LogP contribution in [0.1, 0.15) is 41.6 Å². The molecule has 2 aromatic carbocycles. The molecule has 6 nitrogen and oxygen atoms in total. The van der Waals surface area contributed by atoms with Crippen LogP contribution >= 0.6 is 11.6 Å². The van der Waals surface area contributed by atoms with Gasteiger partial charge in [0.1, 0.15) is 0 Å². The highest BCUT2D eigenvalue weighted by Crippen LogP contribution is 2.37. The molecule has 0 spiro atoms. The van der Waals surface area contributed by atoms with Crippen molar-refractivity contribution in [3.8, 4) is 11.1 Å². The summed E-state index contributed by atoms with van der Waals surface area (Å²) in [5.41, 5.74) is 3.61. The van der Waals surface area contributed by atoms with E-state index in [9.17, 15) is 9.59 Å². The average Bonchev–Trinajstić information content (AvgIpc) is 3.08. The van der Waals surface area contributed by atoms with Crippen molar-refractivity contribution in [2.75, 3.05) is 0 Å². The van der Waals surface area contributed by atoms with Crippen LogP contribution in [0.4, 0.5) is 0 Å². The number of halogens is 1. The summed E-state index contributed by atoms with van der Waals surface area (Å²) < 4.78 is 5.00. The van der Waals surface area contributed by atoms with Gasteiger partial charge in [-0.15, -0.1) is 0 Å². The van der Waals surface area contributed by atoms with Crippen LogP contribution in [-0.4, -0.2) is 22.0 Å². The quantitative estimate of drug-likeness (QED) is 0.679. The number of piperidine rings is 1. The minimum atomic E-state index is -0.411. The smallest absolute Gasteiger partial charge is 0.234 e. The highest BCUT2D eigenvalue weighted by molar-refractivity contribution is 6.34. The fourth-order valence-electron chi connectivity index (χ4n) is 3.43. The Morgan fingerprint density at radius 2 is 1.96 bits per heavy atom. The zero-order valence-corrected chi connectivity index (χ0v) is 16.0. The number of carbonyl (C=O) groups is 2. The Balaban J connectivity index is 1.59. The number of aryl methyl sites for hydroxylation is 1. The van der Waals surface area contributed by atoms with Crippen LogP contribution in [0.2, 0.25) is 5.02 Å². The molecule has 1 unspecified atom stereocenters. The van der Waals surface area contributed by atoms with E-state index in [0.29, 0.717) is 36.0 Å². The summed E-state index contributed by atoms with van der Waals surface area (Å²) in [6.45, 7) is 1.76. The fraction of sp³-hybridized carbons (Fsp3) is 0.238. The summed E-state index contributed by atoms with van der Waals surface area (Å²) in [6.07, 6.45) is 1.37. The van der Waals surface area contributed by atoms with Gasteiger partial charge >= 0.3 is 0 Å². The lowest BCUT2D eigenvalue weighted by molar-refractivity contribution is -0.134. The Bertz CT molecular complexity index is 1040. The lowest BCUT2D eigenvalue weighted by atomic mass is 9.88. The van der Waals surface area contributed by atoms with Gasteiger partial charge in [-0.1, -0.05) is 59.2 Å². The van der Waals surface area contributed by atoms with Gasteiger partial charge in [-0.2, -0.15) is 4.98 Å². The molecule has 1 saturated heterocycles. The molecule has 3 aromatic rings. The van der Waals surface area contributed by atoms with Crippen molar-refractivity contribution in [3.63, 3.8) is 0 Å². The van der Waals surface area contributed by atoms with Gasteiger partial charge in [0.2, 0.25) is 17.7 Å². The van der Waals surface area contributed by atoms with Crippen LogP contribution in [0, 0.1) is 6.92 Å². The number of hydrogen-bond donors (Lipinski definition) is 1. The number of nitrogens with zero attached hydrogens (tertiary/aromatic N) is 2. The predicted octanol–water partition coefficient (Wildman–Crippen LogP) is 3.81. The van der Waals surface area contributed by atoms with Gasteiger partial charge in [0.25, 0.3) is 0 Å². The normalized spacial score (nSPS) is 16.9. The standard InChI is InChI=1S/C21H18ClN3O3/c1-12-23-18(25-28-12)11-13-5-7-14(8-6-13)15-3-2-4-16(20(15)22)17-9-10-19(26)24-21(17)27/h2-8,17H,9-11H2,1H3,(H,24,26,27). The maximum Gasteiger partial charge on any atom is 0.234 e. The van der Waals surface area contributed by atoms with Crippen molar-refractivity contribution in [2.24, 2.45) is 0 Å². The average molecular weight is 396 g/mol. The predicted molar refractivity (Wildman–Crippen MR) is 104 cm³/mol. The lowest BCUT2D eigenvalue weighted by Gasteiger charge is -2.23. The van der Waals surface area contributed by atoms with Gasteiger partial charge < -0.3 is 4.52 Å². The Morgan fingerprint density at radius 3 is 2.64 bits per heavy atom. The van der Waals surface area contributed by atoms with Crippen LogP contribution < -0.4 is 5.32 Å². The van der Waals surface area contributed by atoms with Crippen LogP contribution in [0.15, 0.2) is 47.0 Å². The zero-order chi connectivity index (χ0) is 19.7. The Hall–Kier alpha value is -2.99. The van der Waals surface area contributed by atoms with Crippen LogP contribution in [0.25, 0.3) is 11.1 Å². The van der Waals surface area contributed by atoms with E-state index in [2.05, 4.69) is 15.5 Å². The topological polar surface area (TPSA) is 85.1 Å². The molecular formula is C21H18ClN3O3. The summed E-state index contributed by atoms with van der Waals surface area (Å²) in [7, 11) is 0. The fourth-order valence-corrected chi connectivity index (χ4v) is 3.80. The molecule has 142 valence electrons. The molecule has 2 heterocycles. The highest BCUT2D eigenvalue weighted by atomic mass is 35.5. The molecule has 1 aliphatic heterocycles. The van der Waals surface area contributed by atoms with E-state index in [4.69, 9.17) is 16.1 Å². The molecule has 4 rings (SSSR count). The first kappa shape index (κ1) is 18.4. The summed E-state index contributed by atoms with van der Waals surface area (Å²) >= 11 is 6.65. The van der Waals surface area contributed by atoms with Crippen LogP contribution in [0.5, 0.6) is 0 Å². The van der Waals surface area contributed by atoms with Crippen molar-refractivity contribution in [3.05, 3.63) is 70.3 Å². The van der Waals surface area contributed by atoms with Gasteiger partial charge in [-0.05, 0) is 23.1 Å². The molecule has 1 N–H and O–H groups in total. The first-order valence-electron chi connectivity index (χ1n) is 9.02. The summed E-state index contributed by atoms with van der Waals surface area (Å²) in [5, 5.41) is 6.84. The third-order valence-corrected chi connectivity index (χ3v) is 5.26. The number of carbonyl (C=O) groups excluding carboxylic acids is 2.